The number of hydrogen-bond acceptors (Lipinski definition) is 7. The molecule has 4 heterocycles. The maximum Gasteiger partial charge on any atom is 0.275 e. The molecular formula is C21H25N7OS. The monoisotopic (exact) mass is 423 g/mol. The predicted molar refractivity (Wildman–Crippen MR) is 120 cm³/mol. The maximum absolute atomic E-state index is 12.9. The van der Waals surface area contributed by atoms with Crippen molar-refractivity contribution < 1.29 is 4.79 Å². The lowest BCUT2D eigenvalue weighted by Gasteiger charge is -2.31. The van der Waals surface area contributed by atoms with Gasteiger partial charge in [0.2, 0.25) is 0 Å². The lowest BCUT2D eigenvalue weighted by atomic mass is 10.1. The maximum atomic E-state index is 12.9. The van der Waals surface area contributed by atoms with Crippen LogP contribution in [0.15, 0.2) is 29.6 Å². The quantitative estimate of drug-likeness (QED) is 0.597. The number of nitrogens with one attached hydrogen (secondary N) is 3. The molecule has 1 fully saturated rings. The second-order valence-corrected chi connectivity index (χ2v) is 8.50. The van der Waals surface area contributed by atoms with Crippen LogP contribution in [0, 0.1) is 6.92 Å². The molecule has 0 bridgehead atoms. The van der Waals surface area contributed by atoms with Gasteiger partial charge in [0.25, 0.3) is 5.91 Å². The Balaban J connectivity index is 1.31. The highest BCUT2D eigenvalue weighted by Crippen LogP contribution is 2.29. The van der Waals surface area contributed by atoms with Gasteiger partial charge in [0.15, 0.2) is 5.13 Å². The average molecular weight is 424 g/mol. The van der Waals surface area contributed by atoms with Crippen molar-refractivity contribution >= 4 is 33.8 Å². The van der Waals surface area contributed by atoms with E-state index in [2.05, 4.69) is 41.7 Å². The first kappa shape index (κ1) is 19.1. The van der Waals surface area contributed by atoms with E-state index in [1.54, 1.807) is 0 Å². The summed E-state index contributed by atoms with van der Waals surface area (Å²) in [7, 11) is 0. The van der Waals surface area contributed by atoms with E-state index in [9.17, 15) is 4.79 Å². The molecule has 156 valence electrons. The number of amides is 1. The van der Waals surface area contributed by atoms with Gasteiger partial charge in [-0.05, 0) is 19.1 Å². The largest absolute Gasteiger partial charge is 0.367 e. The Kier molecular flexibility index (Phi) is 5.14. The van der Waals surface area contributed by atoms with E-state index in [4.69, 9.17) is 0 Å². The Morgan fingerprint density at radius 2 is 2.00 bits per heavy atom. The van der Waals surface area contributed by atoms with Crippen molar-refractivity contribution in [3.63, 3.8) is 0 Å². The van der Waals surface area contributed by atoms with Crippen LogP contribution < -0.4 is 20.4 Å². The number of carbonyl (C=O) groups is 1. The summed E-state index contributed by atoms with van der Waals surface area (Å²) in [6.45, 7) is 7.43. The Labute approximate surface area is 179 Å². The number of hydrogen-bond donors (Lipinski definition) is 3. The first-order valence-electron chi connectivity index (χ1n) is 10.3. The van der Waals surface area contributed by atoms with Gasteiger partial charge in [-0.2, -0.15) is 5.10 Å². The van der Waals surface area contributed by atoms with Crippen molar-refractivity contribution in [1.29, 1.82) is 0 Å². The van der Waals surface area contributed by atoms with E-state index in [1.165, 1.54) is 22.6 Å². The highest BCUT2D eigenvalue weighted by atomic mass is 32.1. The zero-order valence-corrected chi connectivity index (χ0v) is 17.8. The Hall–Kier alpha value is -2.91. The normalized spacial score (nSPS) is 16.4. The summed E-state index contributed by atoms with van der Waals surface area (Å²) in [5, 5.41) is 16.6. The van der Waals surface area contributed by atoms with Gasteiger partial charge in [-0.3, -0.25) is 9.89 Å². The van der Waals surface area contributed by atoms with Gasteiger partial charge in [0, 0.05) is 62.3 Å². The molecule has 0 atom stereocenters. The summed E-state index contributed by atoms with van der Waals surface area (Å²) in [4.78, 5) is 22.1. The zero-order chi connectivity index (χ0) is 20.5. The Bertz CT molecular complexity index is 1050. The van der Waals surface area contributed by atoms with Crippen LogP contribution in [-0.4, -0.2) is 53.8 Å². The van der Waals surface area contributed by atoms with E-state index in [1.807, 2.05) is 30.5 Å². The number of nitrogens with zero attached hydrogens (tertiary/aromatic N) is 4. The molecule has 2 aliphatic rings. The molecule has 2 aliphatic heterocycles. The van der Waals surface area contributed by atoms with Gasteiger partial charge < -0.3 is 20.4 Å². The molecule has 0 spiro atoms. The second-order valence-electron chi connectivity index (χ2n) is 7.66. The lowest BCUT2D eigenvalue weighted by Crippen LogP contribution is -2.43. The van der Waals surface area contributed by atoms with Crippen molar-refractivity contribution in [3.8, 4) is 0 Å². The van der Waals surface area contributed by atoms with Gasteiger partial charge in [0.05, 0.1) is 17.1 Å². The van der Waals surface area contributed by atoms with E-state index < -0.39 is 0 Å². The molecule has 5 rings (SSSR count). The first-order chi connectivity index (χ1) is 14.7. The van der Waals surface area contributed by atoms with Crippen LogP contribution in [0.2, 0.25) is 0 Å². The molecule has 2 aromatic heterocycles. The molecule has 0 radical (unpaired) electrons. The van der Waals surface area contributed by atoms with Crippen molar-refractivity contribution in [1.82, 2.24) is 20.5 Å². The standard InChI is InChI=1S/C21H25N7OS/c1-14-15-12-28(9-6-16(15)26-25-14)21-24-18(13-30-21)20(29)23-17-4-2-3-5-19(17)27-10-7-22-8-11-27/h2-5,13,22H,6-12H2,1H3,(H,23,29)(H,25,26). The van der Waals surface area contributed by atoms with Gasteiger partial charge in [-0.1, -0.05) is 12.1 Å². The molecule has 0 saturated carbocycles. The van der Waals surface area contributed by atoms with E-state index >= 15 is 0 Å². The van der Waals surface area contributed by atoms with Crippen molar-refractivity contribution in [2.24, 2.45) is 0 Å². The molecule has 1 saturated heterocycles. The number of carbonyl (C=O) groups excluding carboxylic acids is 1. The predicted octanol–water partition coefficient (Wildman–Crippen LogP) is 2.40. The van der Waals surface area contributed by atoms with Gasteiger partial charge in [-0.15, -0.1) is 11.3 Å². The molecule has 3 aromatic rings. The third-order valence-corrected chi connectivity index (χ3v) is 6.65. The zero-order valence-electron chi connectivity index (χ0n) is 16.9. The number of H-pyrrole nitrogens is 1. The number of aromatic nitrogens is 3. The van der Waals surface area contributed by atoms with Gasteiger partial charge in [0.1, 0.15) is 5.69 Å². The van der Waals surface area contributed by atoms with Gasteiger partial charge in [-0.25, -0.2) is 4.98 Å². The van der Waals surface area contributed by atoms with Crippen LogP contribution in [-0.2, 0) is 13.0 Å². The molecule has 3 N–H and O–H groups in total. The van der Waals surface area contributed by atoms with Crippen molar-refractivity contribution in [2.75, 3.05) is 47.8 Å². The average Bonchev–Trinajstić information content (AvgIpc) is 3.42. The van der Waals surface area contributed by atoms with Gasteiger partial charge >= 0.3 is 0 Å². The van der Waals surface area contributed by atoms with E-state index in [0.29, 0.717) is 5.69 Å². The molecule has 30 heavy (non-hydrogen) atoms. The third-order valence-electron chi connectivity index (χ3n) is 5.75. The van der Waals surface area contributed by atoms with Crippen LogP contribution in [0.4, 0.5) is 16.5 Å². The summed E-state index contributed by atoms with van der Waals surface area (Å²) in [5.74, 6) is -0.169. The smallest absolute Gasteiger partial charge is 0.275 e. The first-order valence-corrected chi connectivity index (χ1v) is 11.2. The molecule has 1 aromatic carbocycles. The number of fused-ring (bicyclic) bond motifs is 1. The number of thiazole rings is 1. The topological polar surface area (TPSA) is 89.2 Å². The summed E-state index contributed by atoms with van der Waals surface area (Å²) >= 11 is 1.52. The molecular weight excluding hydrogens is 398 g/mol. The van der Waals surface area contributed by atoms with Crippen LogP contribution in [0.25, 0.3) is 0 Å². The molecule has 1 amide bonds. The Morgan fingerprint density at radius 1 is 1.17 bits per heavy atom. The van der Waals surface area contributed by atoms with E-state index in [0.717, 1.165) is 67.9 Å². The van der Waals surface area contributed by atoms with Crippen LogP contribution in [0.5, 0.6) is 0 Å². The molecule has 8 nitrogen and oxygen atoms in total. The van der Waals surface area contributed by atoms with E-state index in [-0.39, 0.29) is 5.91 Å². The summed E-state index contributed by atoms with van der Waals surface area (Å²) in [6, 6.07) is 7.98. The fraction of sp³-hybridized carbons (Fsp3) is 0.381. The summed E-state index contributed by atoms with van der Waals surface area (Å²) in [6.07, 6.45) is 0.912. The third kappa shape index (κ3) is 3.66. The highest BCUT2D eigenvalue weighted by molar-refractivity contribution is 7.13. The number of rotatable bonds is 4. The Morgan fingerprint density at radius 3 is 2.87 bits per heavy atom. The van der Waals surface area contributed by atoms with Crippen molar-refractivity contribution in [2.45, 2.75) is 19.9 Å². The fourth-order valence-corrected chi connectivity index (χ4v) is 4.89. The summed E-state index contributed by atoms with van der Waals surface area (Å²) < 4.78 is 0. The number of anilines is 3. The highest BCUT2D eigenvalue weighted by Gasteiger charge is 2.24. The molecule has 0 aliphatic carbocycles. The molecule has 9 heteroatoms. The SMILES string of the molecule is Cc1n[nH]c2c1CN(c1nc(C(=O)Nc3ccccc3N3CCNCC3)cs1)CC2. The number of aryl methyl sites for hydroxylation is 1. The van der Waals surface area contributed by atoms with Crippen LogP contribution >= 0.6 is 11.3 Å². The number of benzene rings is 1. The summed E-state index contributed by atoms with van der Waals surface area (Å²) in [5.41, 5.74) is 5.83. The van der Waals surface area contributed by atoms with Crippen molar-refractivity contribution in [3.05, 3.63) is 52.3 Å². The minimum Gasteiger partial charge on any atom is -0.367 e. The fourth-order valence-electron chi connectivity index (χ4n) is 4.06. The minimum absolute atomic E-state index is 0.169. The molecule has 0 unspecified atom stereocenters. The van der Waals surface area contributed by atoms with Crippen LogP contribution in [0.3, 0.4) is 0 Å². The van der Waals surface area contributed by atoms with Crippen LogP contribution in [0.1, 0.15) is 27.4 Å². The second kappa shape index (κ2) is 8.08. The number of aromatic amines is 1. The minimum atomic E-state index is -0.169. The number of para-hydroxylation sites is 2. The lowest BCUT2D eigenvalue weighted by molar-refractivity contribution is 0.102. The number of piperazine rings is 1.